The number of aliphatic imine (C=N–C) groups is 1. The summed E-state index contributed by atoms with van der Waals surface area (Å²) in [4.78, 5) is 19.4. The summed E-state index contributed by atoms with van der Waals surface area (Å²) < 4.78 is 10.7. The fourth-order valence-electron chi connectivity index (χ4n) is 3.39. The molecule has 4 rings (SSSR count). The average Bonchev–Trinajstić information content (AvgIpc) is 3.05. The van der Waals surface area contributed by atoms with Gasteiger partial charge in [-0.15, -0.1) is 0 Å². The van der Waals surface area contributed by atoms with Gasteiger partial charge in [0.25, 0.3) is 5.91 Å². The number of amides is 1. The largest absolute Gasteiger partial charge is 0.493 e. The molecule has 0 saturated heterocycles. The Hall–Kier alpha value is -3.08. The minimum Gasteiger partial charge on any atom is -0.493 e. The van der Waals surface area contributed by atoms with Crippen LogP contribution in [0.25, 0.3) is 5.57 Å². The Morgan fingerprint density at radius 1 is 1.08 bits per heavy atom. The molecule has 2 heterocycles. The first kappa shape index (κ1) is 16.4. The van der Waals surface area contributed by atoms with E-state index in [-0.39, 0.29) is 11.9 Å². The molecule has 2 aromatic rings. The number of hydrogen-bond acceptors (Lipinski definition) is 4. The van der Waals surface area contributed by atoms with Gasteiger partial charge in [0.15, 0.2) is 11.5 Å². The van der Waals surface area contributed by atoms with Crippen molar-refractivity contribution in [2.75, 3.05) is 14.2 Å². The second kappa shape index (κ2) is 6.33. The molecule has 0 spiro atoms. The van der Waals surface area contributed by atoms with Crippen molar-refractivity contribution in [3.8, 4) is 11.5 Å². The number of fused-ring (bicyclic) bond motifs is 2. The Morgan fingerprint density at radius 3 is 2.46 bits per heavy atom. The summed E-state index contributed by atoms with van der Waals surface area (Å²) in [5.41, 5.74) is 4.61. The topological polar surface area (TPSA) is 51.1 Å². The average molecular weight is 348 g/mol. The number of benzene rings is 2. The van der Waals surface area contributed by atoms with Crippen LogP contribution < -0.4 is 9.47 Å². The van der Waals surface area contributed by atoms with E-state index in [9.17, 15) is 4.79 Å². The van der Waals surface area contributed by atoms with Crippen molar-refractivity contribution in [2.24, 2.45) is 4.99 Å². The number of nitrogens with zero attached hydrogens (tertiary/aromatic N) is 2. The maximum atomic E-state index is 13.1. The van der Waals surface area contributed by atoms with Gasteiger partial charge in [-0.05, 0) is 24.1 Å². The third-order valence-corrected chi connectivity index (χ3v) is 4.86. The lowest BCUT2D eigenvalue weighted by Crippen LogP contribution is -2.32. The molecule has 0 bridgehead atoms. The van der Waals surface area contributed by atoms with Crippen molar-refractivity contribution < 1.29 is 14.3 Å². The third-order valence-electron chi connectivity index (χ3n) is 4.86. The van der Waals surface area contributed by atoms with Gasteiger partial charge < -0.3 is 14.4 Å². The van der Waals surface area contributed by atoms with Gasteiger partial charge in [0.2, 0.25) is 0 Å². The third kappa shape index (κ3) is 2.65. The molecular weight excluding hydrogens is 328 g/mol. The molecule has 0 fully saturated rings. The lowest BCUT2D eigenvalue weighted by atomic mass is 10.0. The van der Waals surface area contributed by atoms with Gasteiger partial charge in [0.05, 0.1) is 31.5 Å². The minimum atomic E-state index is -0.0804. The van der Waals surface area contributed by atoms with Crippen LogP contribution in [0.15, 0.2) is 47.6 Å². The standard InChI is InChI=1S/C21H20N2O3/c1-13-4-6-14(7-5-13)15-8-16-11-22-18-10-20(26-3)19(25-2)9-17(18)21(24)23(16)12-15/h4-7,9-12,16H,8H2,1-3H3/t16-/m0/s1. The van der Waals surface area contributed by atoms with E-state index in [4.69, 9.17) is 9.47 Å². The summed E-state index contributed by atoms with van der Waals surface area (Å²) in [5.74, 6) is 1.01. The number of methoxy groups -OCH3 is 2. The van der Waals surface area contributed by atoms with E-state index >= 15 is 0 Å². The van der Waals surface area contributed by atoms with Crippen LogP contribution in [0.2, 0.25) is 0 Å². The molecule has 2 aliphatic rings. The molecule has 0 aromatic heterocycles. The second-order valence-electron chi connectivity index (χ2n) is 6.51. The highest BCUT2D eigenvalue weighted by Crippen LogP contribution is 2.39. The maximum absolute atomic E-state index is 13.1. The summed E-state index contributed by atoms with van der Waals surface area (Å²) in [6.45, 7) is 2.06. The molecule has 0 unspecified atom stereocenters. The molecule has 0 radical (unpaired) electrons. The molecule has 5 heteroatoms. The maximum Gasteiger partial charge on any atom is 0.260 e. The monoisotopic (exact) mass is 348 g/mol. The molecule has 1 amide bonds. The van der Waals surface area contributed by atoms with Crippen LogP contribution >= 0.6 is 0 Å². The van der Waals surface area contributed by atoms with E-state index in [0.29, 0.717) is 22.7 Å². The molecular formula is C21H20N2O3. The van der Waals surface area contributed by atoms with Gasteiger partial charge >= 0.3 is 0 Å². The van der Waals surface area contributed by atoms with Crippen LogP contribution in [0.5, 0.6) is 11.5 Å². The normalized spacial score (nSPS) is 18.1. The molecule has 2 aliphatic heterocycles. The molecule has 1 atom stereocenters. The molecule has 26 heavy (non-hydrogen) atoms. The van der Waals surface area contributed by atoms with Crippen LogP contribution in [-0.2, 0) is 0 Å². The van der Waals surface area contributed by atoms with Crippen LogP contribution in [-0.4, -0.2) is 37.3 Å². The van der Waals surface area contributed by atoms with Gasteiger partial charge in [-0.3, -0.25) is 9.79 Å². The van der Waals surface area contributed by atoms with Crippen molar-refractivity contribution in [2.45, 2.75) is 19.4 Å². The molecule has 0 aliphatic carbocycles. The number of rotatable bonds is 3. The van der Waals surface area contributed by atoms with E-state index in [2.05, 4.69) is 36.2 Å². The summed E-state index contributed by atoms with van der Waals surface area (Å²) in [7, 11) is 3.13. The van der Waals surface area contributed by atoms with Gasteiger partial charge in [-0.25, -0.2) is 0 Å². The Balaban J connectivity index is 1.73. The fourth-order valence-corrected chi connectivity index (χ4v) is 3.39. The number of carbonyl (C=O) groups excluding carboxylic acids is 1. The highest BCUT2D eigenvalue weighted by atomic mass is 16.5. The first-order valence-electron chi connectivity index (χ1n) is 8.51. The van der Waals surface area contributed by atoms with E-state index in [1.807, 2.05) is 12.4 Å². The van der Waals surface area contributed by atoms with Crippen molar-refractivity contribution in [3.63, 3.8) is 0 Å². The zero-order valence-corrected chi connectivity index (χ0v) is 15.0. The zero-order chi connectivity index (χ0) is 18.3. The lowest BCUT2D eigenvalue weighted by Gasteiger charge is -2.18. The number of ether oxygens (including phenoxy) is 2. The van der Waals surface area contributed by atoms with Crippen molar-refractivity contribution in [1.82, 2.24) is 4.90 Å². The summed E-state index contributed by atoms with van der Waals surface area (Å²) in [5, 5.41) is 0. The van der Waals surface area contributed by atoms with E-state index in [0.717, 1.165) is 17.6 Å². The molecule has 5 nitrogen and oxygen atoms in total. The quantitative estimate of drug-likeness (QED) is 0.843. The summed E-state index contributed by atoms with van der Waals surface area (Å²) >= 11 is 0. The minimum absolute atomic E-state index is 0.0782. The smallest absolute Gasteiger partial charge is 0.260 e. The second-order valence-corrected chi connectivity index (χ2v) is 6.51. The predicted molar refractivity (Wildman–Crippen MR) is 101 cm³/mol. The molecule has 0 N–H and O–H groups in total. The highest BCUT2D eigenvalue weighted by Gasteiger charge is 2.33. The lowest BCUT2D eigenvalue weighted by molar-refractivity contribution is 0.0817. The van der Waals surface area contributed by atoms with Crippen LogP contribution in [0.3, 0.4) is 0 Å². The van der Waals surface area contributed by atoms with Gasteiger partial charge in [-0.1, -0.05) is 29.8 Å². The Labute approximate surface area is 152 Å². The summed E-state index contributed by atoms with van der Waals surface area (Å²) in [6.07, 6.45) is 4.53. The van der Waals surface area contributed by atoms with Crippen LogP contribution in [0.1, 0.15) is 27.9 Å². The fraction of sp³-hybridized carbons (Fsp3) is 0.238. The van der Waals surface area contributed by atoms with Crippen molar-refractivity contribution >= 4 is 23.4 Å². The highest BCUT2D eigenvalue weighted by molar-refractivity contribution is 6.05. The first-order valence-corrected chi connectivity index (χ1v) is 8.51. The van der Waals surface area contributed by atoms with Crippen molar-refractivity contribution in [1.29, 1.82) is 0 Å². The Morgan fingerprint density at radius 2 is 1.77 bits per heavy atom. The van der Waals surface area contributed by atoms with Crippen molar-refractivity contribution in [3.05, 3.63) is 59.3 Å². The van der Waals surface area contributed by atoms with E-state index in [1.165, 1.54) is 5.56 Å². The van der Waals surface area contributed by atoms with Crippen LogP contribution in [0, 0.1) is 6.92 Å². The molecule has 132 valence electrons. The number of hydrogen-bond donors (Lipinski definition) is 0. The predicted octanol–water partition coefficient (Wildman–Crippen LogP) is 3.98. The molecule has 0 saturated carbocycles. The van der Waals surface area contributed by atoms with Gasteiger partial charge in [0, 0.05) is 24.9 Å². The van der Waals surface area contributed by atoms with Crippen LogP contribution in [0.4, 0.5) is 5.69 Å². The Bertz CT molecular complexity index is 929. The van der Waals surface area contributed by atoms with E-state index in [1.54, 1.807) is 31.3 Å². The van der Waals surface area contributed by atoms with Gasteiger partial charge in [-0.2, -0.15) is 0 Å². The zero-order valence-electron chi connectivity index (χ0n) is 15.0. The number of aryl methyl sites for hydroxylation is 1. The number of carbonyl (C=O) groups is 1. The summed E-state index contributed by atoms with van der Waals surface area (Å²) in [6, 6.07) is 11.7. The Kier molecular flexibility index (Phi) is 3.99. The SMILES string of the molecule is COc1cc2c(cc1OC)C(=O)N1C=C(c3ccc(C)cc3)C[C@H]1C=N2. The van der Waals surface area contributed by atoms with E-state index < -0.39 is 0 Å². The molecule has 2 aromatic carbocycles. The first-order chi connectivity index (χ1) is 12.6. The van der Waals surface area contributed by atoms with Gasteiger partial charge in [0.1, 0.15) is 0 Å².